The van der Waals surface area contributed by atoms with Gasteiger partial charge in [0.2, 0.25) is 0 Å². The van der Waals surface area contributed by atoms with Gasteiger partial charge < -0.3 is 21.1 Å². The molecule has 1 aromatic carbocycles. The molecular weight excluding hydrogens is 278 g/mol. The van der Waals surface area contributed by atoms with Crippen LogP contribution in [0.25, 0.3) is 0 Å². The van der Waals surface area contributed by atoms with Gasteiger partial charge in [0.15, 0.2) is 11.6 Å². The van der Waals surface area contributed by atoms with E-state index in [1.54, 1.807) is 7.11 Å². The van der Waals surface area contributed by atoms with Crippen LogP contribution in [0.5, 0.6) is 5.75 Å². The molecule has 0 amide bonds. The normalized spacial score (nSPS) is 11.8. The Balaban J connectivity index is 2.30. The summed E-state index contributed by atoms with van der Waals surface area (Å²) in [5.74, 6) is 1.93. The van der Waals surface area contributed by atoms with Crippen LogP contribution in [0.4, 0.5) is 23.0 Å². The smallest absolute Gasteiger partial charge is 0.159 e. The second-order valence-electron chi connectivity index (χ2n) is 5.27. The fraction of sp³-hybridized carbons (Fsp3) is 0.375. The average Bonchev–Trinajstić information content (AvgIpc) is 2.51. The van der Waals surface area contributed by atoms with E-state index in [0.717, 1.165) is 23.4 Å². The number of aromatic nitrogens is 2. The van der Waals surface area contributed by atoms with Crippen molar-refractivity contribution >= 4 is 23.0 Å². The molecule has 0 aliphatic rings. The Hall–Kier alpha value is -2.50. The van der Waals surface area contributed by atoms with E-state index in [2.05, 4.69) is 34.4 Å². The van der Waals surface area contributed by atoms with Crippen LogP contribution in [-0.2, 0) is 0 Å². The summed E-state index contributed by atoms with van der Waals surface area (Å²) in [6.07, 6.45) is 2.48. The van der Waals surface area contributed by atoms with E-state index in [1.807, 2.05) is 25.1 Å². The number of anilines is 4. The van der Waals surface area contributed by atoms with E-state index in [-0.39, 0.29) is 0 Å². The molecule has 1 aromatic heterocycles. The van der Waals surface area contributed by atoms with Crippen LogP contribution in [0.3, 0.4) is 0 Å². The number of nitrogens with zero attached hydrogens (tertiary/aromatic N) is 2. The van der Waals surface area contributed by atoms with Crippen molar-refractivity contribution in [2.24, 2.45) is 0 Å². The number of nitrogen functional groups attached to an aromatic ring is 1. The fourth-order valence-electron chi connectivity index (χ4n) is 1.99. The third kappa shape index (κ3) is 3.58. The molecule has 1 atom stereocenters. The number of hydrogen-bond donors (Lipinski definition) is 3. The minimum atomic E-state index is 0.290. The standard InChI is InChI=1S/C16H23N5O/c1-5-11(3)20-15-14(17)16(19-9-18-15)21-12-8-10(2)6-7-13(12)22-4/h6-9,11H,5,17H2,1-4H3,(H2,18,19,20,21). The van der Waals surface area contributed by atoms with Crippen LogP contribution in [-0.4, -0.2) is 23.1 Å². The summed E-state index contributed by atoms with van der Waals surface area (Å²) >= 11 is 0. The quantitative estimate of drug-likeness (QED) is 0.759. The first-order chi connectivity index (χ1) is 10.5. The van der Waals surface area contributed by atoms with Gasteiger partial charge in [0, 0.05) is 6.04 Å². The van der Waals surface area contributed by atoms with Crippen LogP contribution < -0.4 is 21.1 Å². The molecule has 1 unspecified atom stereocenters. The molecule has 0 saturated carbocycles. The summed E-state index contributed by atoms with van der Waals surface area (Å²) in [5.41, 5.74) is 8.61. The van der Waals surface area contributed by atoms with Crippen molar-refractivity contribution in [1.82, 2.24) is 9.97 Å². The molecular formula is C16H23N5O. The second kappa shape index (κ2) is 6.98. The van der Waals surface area contributed by atoms with E-state index in [1.165, 1.54) is 6.33 Å². The van der Waals surface area contributed by atoms with Crippen molar-refractivity contribution in [3.63, 3.8) is 0 Å². The molecule has 0 aliphatic carbocycles. The molecule has 4 N–H and O–H groups in total. The zero-order chi connectivity index (χ0) is 16.1. The number of rotatable bonds is 6. The lowest BCUT2D eigenvalue weighted by atomic mass is 10.2. The van der Waals surface area contributed by atoms with Crippen LogP contribution in [0.1, 0.15) is 25.8 Å². The largest absolute Gasteiger partial charge is 0.495 e. The summed E-state index contributed by atoms with van der Waals surface area (Å²) < 4.78 is 5.36. The number of nitrogens with one attached hydrogen (secondary N) is 2. The van der Waals surface area contributed by atoms with Gasteiger partial charge in [-0.05, 0) is 38.0 Å². The lowest BCUT2D eigenvalue weighted by Crippen LogP contribution is -2.16. The van der Waals surface area contributed by atoms with E-state index in [9.17, 15) is 0 Å². The Morgan fingerprint density at radius 1 is 1.27 bits per heavy atom. The number of methoxy groups -OCH3 is 1. The van der Waals surface area contributed by atoms with Gasteiger partial charge in [-0.25, -0.2) is 9.97 Å². The topological polar surface area (TPSA) is 85.1 Å². The number of aryl methyl sites for hydroxylation is 1. The molecule has 0 bridgehead atoms. The molecule has 22 heavy (non-hydrogen) atoms. The monoisotopic (exact) mass is 301 g/mol. The number of benzene rings is 1. The van der Waals surface area contributed by atoms with Gasteiger partial charge in [-0.3, -0.25) is 0 Å². The maximum absolute atomic E-state index is 6.17. The molecule has 6 nitrogen and oxygen atoms in total. The molecule has 2 aromatic rings. The third-order valence-electron chi connectivity index (χ3n) is 3.49. The average molecular weight is 301 g/mol. The molecule has 118 valence electrons. The van der Waals surface area contributed by atoms with Crippen molar-refractivity contribution in [1.29, 1.82) is 0 Å². The highest BCUT2D eigenvalue weighted by molar-refractivity contribution is 5.79. The summed E-state index contributed by atoms with van der Waals surface area (Å²) in [6.45, 7) is 6.20. The first-order valence-electron chi connectivity index (χ1n) is 7.33. The lowest BCUT2D eigenvalue weighted by molar-refractivity contribution is 0.416. The molecule has 6 heteroatoms. The Kier molecular flexibility index (Phi) is 5.04. The molecule has 0 radical (unpaired) electrons. The Morgan fingerprint density at radius 3 is 2.68 bits per heavy atom. The summed E-state index contributed by atoms with van der Waals surface area (Å²) in [6, 6.07) is 6.18. The Bertz CT molecular complexity index is 644. The minimum absolute atomic E-state index is 0.290. The van der Waals surface area contributed by atoms with E-state index in [4.69, 9.17) is 10.5 Å². The summed E-state index contributed by atoms with van der Waals surface area (Å²) in [5, 5.41) is 6.50. The van der Waals surface area contributed by atoms with E-state index in [0.29, 0.717) is 23.4 Å². The minimum Gasteiger partial charge on any atom is -0.495 e. The van der Waals surface area contributed by atoms with Crippen LogP contribution in [0.15, 0.2) is 24.5 Å². The van der Waals surface area contributed by atoms with Crippen LogP contribution in [0.2, 0.25) is 0 Å². The Labute approximate surface area is 131 Å². The molecule has 0 fully saturated rings. The highest BCUT2D eigenvalue weighted by Gasteiger charge is 2.12. The number of hydrogen-bond acceptors (Lipinski definition) is 6. The van der Waals surface area contributed by atoms with Gasteiger partial charge >= 0.3 is 0 Å². The van der Waals surface area contributed by atoms with Gasteiger partial charge in [-0.15, -0.1) is 0 Å². The predicted octanol–water partition coefficient (Wildman–Crippen LogP) is 3.33. The van der Waals surface area contributed by atoms with Gasteiger partial charge in [0.05, 0.1) is 12.8 Å². The molecule has 2 rings (SSSR count). The van der Waals surface area contributed by atoms with Crippen molar-refractivity contribution in [3.8, 4) is 5.75 Å². The number of ether oxygens (including phenoxy) is 1. The van der Waals surface area contributed by atoms with Crippen LogP contribution >= 0.6 is 0 Å². The van der Waals surface area contributed by atoms with Crippen LogP contribution in [0, 0.1) is 6.92 Å². The lowest BCUT2D eigenvalue weighted by Gasteiger charge is -2.17. The maximum Gasteiger partial charge on any atom is 0.159 e. The Morgan fingerprint density at radius 2 is 2.00 bits per heavy atom. The molecule has 0 spiro atoms. The fourth-order valence-corrected chi connectivity index (χ4v) is 1.99. The zero-order valence-electron chi connectivity index (χ0n) is 13.5. The van der Waals surface area contributed by atoms with Crippen molar-refractivity contribution in [2.75, 3.05) is 23.5 Å². The van der Waals surface area contributed by atoms with E-state index >= 15 is 0 Å². The van der Waals surface area contributed by atoms with Crippen molar-refractivity contribution in [3.05, 3.63) is 30.1 Å². The zero-order valence-corrected chi connectivity index (χ0v) is 13.5. The first-order valence-corrected chi connectivity index (χ1v) is 7.33. The highest BCUT2D eigenvalue weighted by Crippen LogP contribution is 2.31. The highest BCUT2D eigenvalue weighted by atomic mass is 16.5. The van der Waals surface area contributed by atoms with Gasteiger partial charge in [0.25, 0.3) is 0 Å². The predicted molar refractivity (Wildman–Crippen MR) is 90.8 cm³/mol. The summed E-state index contributed by atoms with van der Waals surface area (Å²) in [7, 11) is 1.63. The SMILES string of the molecule is CCC(C)Nc1ncnc(Nc2cc(C)ccc2OC)c1N. The van der Waals surface area contributed by atoms with E-state index < -0.39 is 0 Å². The van der Waals surface area contributed by atoms with Gasteiger partial charge in [0.1, 0.15) is 17.8 Å². The third-order valence-corrected chi connectivity index (χ3v) is 3.49. The molecule has 0 saturated heterocycles. The van der Waals surface area contributed by atoms with Crippen molar-refractivity contribution < 1.29 is 4.74 Å². The maximum atomic E-state index is 6.17. The second-order valence-corrected chi connectivity index (χ2v) is 5.27. The molecule has 0 aliphatic heterocycles. The van der Waals surface area contributed by atoms with Crippen molar-refractivity contribution in [2.45, 2.75) is 33.2 Å². The number of nitrogens with two attached hydrogens (primary N) is 1. The summed E-state index contributed by atoms with van der Waals surface area (Å²) in [4.78, 5) is 8.44. The van der Waals surface area contributed by atoms with Gasteiger partial charge in [-0.2, -0.15) is 0 Å². The molecule has 1 heterocycles. The van der Waals surface area contributed by atoms with Gasteiger partial charge in [-0.1, -0.05) is 13.0 Å². The first kappa shape index (κ1) is 15.9.